The number of hydrogen-bond donors (Lipinski definition) is 0. The van der Waals surface area contributed by atoms with Crippen LogP contribution in [0, 0.1) is 0 Å². The second-order valence-corrected chi connectivity index (χ2v) is 6.82. The molecule has 0 spiro atoms. The highest BCUT2D eigenvalue weighted by atomic mass is 35.5. The van der Waals surface area contributed by atoms with Gasteiger partial charge in [-0.15, -0.1) is 11.3 Å². The Kier molecular flexibility index (Phi) is 5.18. The van der Waals surface area contributed by atoms with Gasteiger partial charge in [0.15, 0.2) is 5.92 Å². The van der Waals surface area contributed by atoms with Crippen LogP contribution in [-0.2, 0) is 0 Å². The third-order valence-electron chi connectivity index (χ3n) is 3.70. The van der Waals surface area contributed by atoms with Crippen molar-refractivity contribution in [1.82, 2.24) is 9.97 Å². The van der Waals surface area contributed by atoms with Crippen molar-refractivity contribution in [3.05, 3.63) is 58.7 Å². The number of hydrogen-bond acceptors (Lipinski definition) is 3. The van der Waals surface area contributed by atoms with Gasteiger partial charge in [0.05, 0.1) is 5.69 Å². The molecule has 0 saturated carbocycles. The van der Waals surface area contributed by atoms with Gasteiger partial charge >= 0.3 is 12.4 Å². The van der Waals surface area contributed by atoms with Crippen molar-refractivity contribution >= 4 is 22.9 Å². The van der Waals surface area contributed by atoms with Crippen LogP contribution >= 0.6 is 22.9 Å². The molecule has 2 heterocycles. The van der Waals surface area contributed by atoms with Crippen LogP contribution in [0.3, 0.4) is 0 Å². The summed E-state index contributed by atoms with van der Waals surface area (Å²) in [5, 5.41) is 2.05. The average molecular weight is 423 g/mol. The zero-order chi connectivity index (χ0) is 19.8. The third kappa shape index (κ3) is 4.24. The predicted octanol–water partition coefficient (Wildman–Crippen LogP) is 6.73. The topological polar surface area (TPSA) is 25.8 Å². The summed E-state index contributed by atoms with van der Waals surface area (Å²) in [5.41, 5.74) is -0.183. The summed E-state index contributed by atoms with van der Waals surface area (Å²) in [6.45, 7) is 0. The maximum absolute atomic E-state index is 13.1. The summed E-state index contributed by atoms with van der Waals surface area (Å²) < 4.78 is 78.8. The number of nitrogens with zero attached hydrogens (tertiary/aromatic N) is 2. The van der Waals surface area contributed by atoms with Crippen LogP contribution in [0.4, 0.5) is 26.3 Å². The molecule has 0 unspecified atom stereocenters. The Hall–Kier alpha value is -2.13. The quantitative estimate of drug-likeness (QED) is 0.437. The molecule has 0 aliphatic heterocycles. The molecule has 142 valence electrons. The zero-order valence-corrected chi connectivity index (χ0v) is 14.7. The van der Waals surface area contributed by atoms with E-state index in [1.165, 1.54) is 0 Å². The first-order valence-corrected chi connectivity index (χ1v) is 8.62. The normalized spacial score (nSPS) is 12.6. The Morgan fingerprint density at radius 3 is 2.15 bits per heavy atom. The smallest absolute Gasteiger partial charge is 0.264 e. The summed E-state index contributed by atoms with van der Waals surface area (Å²) in [5.74, 6) is -3.62. The minimum absolute atomic E-state index is 0.0153. The molecular formula is C17H9ClF6N2S. The molecule has 0 atom stereocenters. The van der Waals surface area contributed by atoms with E-state index in [1.807, 2.05) is 0 Å². The number of rotatable bonds is 3. The fraction of sp³-hybridized carbons (Fsp3) is 0.176. The van der Waals surface area contributed by atoms with Gasteiger partial charge in [0.25, 0.3) is 0 Å². The van der Waals surface area contributed by atoms with Crippen LogP contribution in [0.1, 0.15) is 11.5 Å². The Morgan fingerprint density at radius 1 is 0.926 bits per heavy atom. The van der Waals surface area contributed by atoms with Crippen LogP contribution in [0.5, 0.6) is 0 Å². The molecule has 0 radical (unpaired) electrons. The standard InChI is InChI=1S/C17H9ClF6N2S/c18-10-3-1-9(2-4-10)13-8-27-15(26-13)12-7-25-6-5-11(12)14(16(19,20)21)17(22,23)24/h1-8,14H. The summed E-state index contributed by atoms with van der Waals surface area (Å²) in [4.78, 5) is 7.86. The number of benzene rings is 1. The van der Waals surface area contributed by atoms with Crippen molar-refractivity contribution in [2.75, 3.05) is 0 Å². The van der Waals surface area contributed by atoms with E-state index in [2.05, 4.69) is 9.97 Å². The summed E-state index contributed by atoms with van der Waals surface area (Å²) in [6.07, 6.45) is -9.13. The molecule has 2 aromatic heterocycles. The van der Waals surface area contributed by atoms with Crippen molar-refractivity contribution in [2.45, 2.75) is 18.3 Å². The summed E-state index contributed by atoms with van der Waals surface area (Å²) in [7, 11) is 0. The van der Waals surface area contributed by atoms with Gasteiger partial charge in [-0.3, -0.25) is 4.98 Å². The van der Waals surface area contributed by atoms with Gasteiger partial charge in [-0.1, -0.05) is 23.7 Å². The van der Waals surface area contributed by atoms with Crippen molar-refractivity contribution in [3.8, 4) is 21.8 Å². The second kappa shape index (κ2) is 7.12. The van der Waals surface area contributed by atoms with Gasteiger partial charge in [-0.25, -0.2) is 4.98 Å². The van der Waals surface area contributed by atoms with Crippen LogP contribution in [0.15, 0.2) is 48.1 Å². The van der Waals surface area contributed by atoms with E-state index in [0.717, 1.165) is 29.8 Å². The summed E-state index contributed by atoms with van der Waals surface area (Å²) >= 11 is 6.74. The van der Waals surface area contributed by atoms with E-state index < -0.39 is 23.8 Å². The van der Waals surface area contributed by atoms with Crippen LogP contribution in [0.2, 0.25) is 5.02 Å². The minimum atomic E-state index is -5.50. The monoisotopic (exact) mass is 422 g/mol. The molecule has 0 bridgehead atoms. The first kappa shape index (κ1) is 19.6. The molecule has 0 aliphatic rings. The van der Waals surface area contributed by atoms with Gasteiger partial charge in [0.2, 0.25) is 0 Å². The molecule has 0 saturated heterocycles. The highest BCUT2D eigenvalue weighted by molar-refractivity contribution is 7.13. The maximum atomic E-state index is 13.1. The SMILES string of the molecule is FC(F)(F)C(c1ccncc1-c1nc(-c2ccc(Cl)cc2)cs1)C(F)(F)F. The van der Waals surface area contributed by atoms with Gasteiger partial charge in [-0.2, -0.15) is 26.3 Å². The largest absolute Gasteiger partial charge is 0.404 e. The van der Waals surface area contributed by atoms with E-state index in [-0.39, 0.29) is 10.6 Å². The number of halogens is 7. The van der Waals surface area contributed by atoms with E-state index in [0.29, 0.717) is 16.3 Å². The molecule has 27 heavy (non-hydrogen) atoms. The summed E-state index contributed by atoms with van der Waals surface area (Å²) in [6, 6.07) is 7.24. The van der Waals surface area contributed by atoms with Crippen molar-refractivity contribution < 1.29 is 26.3 Å². The second-order valence-electron chi connectivity index (χ2n) is 5.52. The lowest BCUT2D eigenvalue weighted by Gasteiger charge is -2.24. The third-order valence-corrected chi connectivity index (χ3v) is 4.82. The average Bonchev–Trinajstić information content (AvgIpc) is 3.03. The van der Waals surface area contributed by atoms with E-state index >= 15 is 0 Å². The molecule has 2 nitrogen and oxygen atoms in total. The van der Waals surface area contributed by atoms with E-state index in [4.69, 9.17) is 11.6 Å². The van der Waals surface area contributed by atoms with Gasteiger partial charge in [0, 0.05) is 33.9 Å². The molecule has 0 amide bonds. The predicted molar refractivity (Wildman–Crippen MR) is 90.6 cm³/mol. The lowest BCUT2D eigenvalue weighted by Crippen LogP contribution is -2.34. The Morgan fingerprint density at radius 2 is 1.56 bits per heavy atom. The number of aromatic nitrogens is 2. The molecule has 3 aromatic rings. The highest BCUT2D eigenvalue weighted by Gasteiger charge is 2.58. The first-order chi connectivity index (χ1) is 12.6. The van der Waals surface area contributed by atoms with Gasteiger partial charge in [-0.05, 0) is 23.8 Å². The molecule has 0 N–H and O–H groups in total. The molecule has 3 rings (SSSR count). The van der Waals surface area contributed by atoms with Crippen molar-refractivity contribution in [1.29, 1.82) is 0 Å². The first-order valence-electron chi connectivity index (χ1n) is 7.36. The fourth-order valence-corrected chi connectivity index (χ4v) is 3.51. The van der Waals surface area contributed by atoms with Crippen LogP contribution in [-0.4, -0.2) is 22.3 Å². The van der Waals surface area contributed by atoms with Crippen molar-refractivity contribution in [3.63, 3.8) is 0 Å². The number of thiazole rings is 1. The maximum Gasteiger partial charge on any atom is 0.404 e. The van der Waals surface area contributed by atoms with E-state index in [9.17, 15) is 26.3 Å². The lowest BCUT2D eigenvalue weighted by molar-refractivity contribution is -0.253. The fourth-order valence-electron chi connectivity index (χ4n) is 2.52. The van der Waals surface area contributed by atoms with Crippen molar-refractivity contribution in [2.24, 2.45) is 0 Å². The Bertz CT molecular complexity index is 920. The Labute approximate surface area is 158 Å². The van der Waals surface area contributed by atoms with Crippen LogP contribution in [0.25, 0.3) is 21.8 Å². The van der Waals surface area contributed by atoms with E-state index in [1.54, 1.807) is 29.6 Å². The molecular weight excluding hydrogens is 414 g/mol. The molecule has 10 heteroatoms. The lowest BCUT2D eigenvalue weighted by atomic mass is 9.94. The molecule has 1 aromatic carbocycles. The Balaban J connectivity index is 2.08. The number of pyridine rings is 1. The number of alkyl halides is 6. The molecule has 0 fully saturated rings. The van der Waals surface area contributed by atoms with Gasteiger partial charge in [0.1, 0.15) is 5.01 Å². The minimum Gasteiger partial charge on any atom is -0.264 e. The van der Waals surface area contributed by atoms with Crippen LogP contribution < -0.4 is 0 Å². The zero-order valence-electron chi connectivity index (χ0n) is 13.1. The highest BCUT2D eigenvalue weighted by Crippen LogP contribution is 2.49. The molecule has 0 aliphatic carbocycles. The van der Waals surface area contributed by atoms with Gasteiger partial charge < -0.3 is 0 Å².